The van der Waals surface area contributed by atoms with Crippen LogP contribution in [0, 0.1) is 5.92 Å². The van der Waals surface area contributed by atoms with Crippen molar-refractivity contribution in [3.05, 3.63) is 29.5 Å². The van der Waals surface area contributed by atoms with E-state index in [1.54, 1.807) is 40.1 Å². The molecule has 2 N–H and O–H groups in total. The largest absolute Gasteiger partial charge is 0.465 e. The van der Waals surface area contributed by atoms with Crippen LogP contribution in [0.25, 0.3) is 16.2 Å². The Morgan fingerprint density at radius 3 is 2.70 bits per heavy atom. The maximum atomic E-state index is 13.4. The van der Waals surface area contributed by atoms with Gasteiger partial charge in [-0.2, -0.15) is 5.10 Å². The number of fused-ring (bicyclic) bond motifs is 1. The van der Waals surface area contributed by atoms with E-state index in [9.17, 15) is 14.7 Å². The molecular weight excluding hydrogens is 442 g/mol. The number of piperidine rings is 1. The number of aromatic nitrogens is 4. The van der Waals surface area contributed by atoms with Crippen LogP contribution in [-0.2, 0) is 0 Å². The highest BCUT2D eigenvalue weighted by Crippen LogP contribution is 2.34. The second kappa shape index (κ2) is 8.62. The fourth-order valence-electron chi connectivity index (χ4n) is 4.35. The van der Waals surface area contributed by atoms with Gasteiger partial charge in [-0.15, -0.1) is 11.3 Å². The fraction of sp³-hybridized carbons (Fsp3) is 0.500. The molecule has 5 rings (SSSR count). The predicted molar refractivity (Wildman–Crippen MR) is 125 cm³/mol. The molecule has 10 nitrogen and oxygen atoms in total. The smallest absolute Gasteiger partial charge is 0.407 e. The maximum Gasteiger partial charge on any atom is 0.407 e. The van der Waals surface area contributed by atoms with Crippen LogP contribution in [0.2, 0.25) is 0 Å². The molecule has 0 bridgehead atoms. The molecule has 33 heavy (non-hydrogen) atoms. The maximum absolute atomic E-state index is 13.4. The van der Waals surface area contributed by atoms with Crippen LogP contribution < -0.4 is 5.32 Å². The van der Waals surface area contributed by atoms with Gasteiger partial charge >= 0.3 is 6.09 Å². The van der Waals surface area contributed by atoms with Gasteiger partial charge in [0.15, 0.2) is 5.82 Å². The van der Waals surface area contributed by atoms with Crippen LogP contribution in [0.15, 0.2) is 23.8 Å². The highest BCUT2D eigenvalue weighted by Gasteiger charge is 2.31. The lowest BCUT2D eigenvalue weighted by Crippen LogP contribution is -2.47. The molecule has 1 atom stereocenters. The topological polar surface area (TPSA) is 116 Å². The van der Waals surface area contributed by atoms with E-state index in [0.717, 1.165) is 10.4 Å². The molecule has 1 aliphatic heterocycles. The number of carbonyl (C=O) groups excluding carboxylic acids is 1. The van der Waals surface area contributed by atoms with Crippen molar-refractivity contribution in [1.29, 1.82) is 0 Å². The van der Waals surface area contributed by atoms with Gasteiger partial charge in [0.05, 0.1) is 11.8 Å². The first-order chi connectivity index (χ1) is 15.9. The molecule has 3 aromatic heterocycles. The number of nitrogens with zero attached hydrogens (tertiary/aromatic N) is 6. The molecule has 0 radical (unpaired) electrons. The van der Waals surface area contributed by atoms with Gasteiger partial charge in [0.2, 0.25) is 0 Å². The quantitative estimate of drug-likeness (QED) is 0.569. The fourth-order valence-corrected chi connectivity index (χ4v) is 5.15. The highest BCUT2D eigenvalue weighted by molar-refractivity contribution is 7.16. The predicted octanol–water partition coefficient (Wildman–Crippen LogP) is 3.28. The zero-order valence-electron chi connectivity index (χ0n) is 18.6. The van der Waals surface area contributed by atoms with E-state index in [-0.39, 0.29) is 18.0 Å². The Morgan fingerprint density at radius 1 is 1.24 bits per heavy atom. The lowest BCUT2D eigenvalue weighted by molar-refractivity contribution is 0.0638. The Morgan fingerprint density at radius 2 is 2.00 bits per heavy atom. The molecule has 174 valence electrons. The molecule has 0 unspecified atom stereocenters. The number of carboxylic acid groups (broad SMARTS) is 1. The van der Waals surface area contributed by atoms with E-state index in [4.69, 9.17) is 4.98 Å². The summed E-state index contributed by atoms with van der Waals surface area (Å²) in [6.45, 7) is 3.12. The van der Waals surface area contributed by atoms with Crippen molar-refractivity contribution in [3.8, 4) is 11.4 Å². The van der Waals surface area contributed by atoms with E-state index in [0.29, 0.717) is 49.2 Å². The Balaban J connectivity index is 1.42. The van der Waals surface area contributed by atoms with Gasteiger partial charge in [-0.05, 0) is 38.5 Å². The van der Waals surface area contributed by atoms with Crippen molar-refractivity contribution in [2.24, 2.45) is 5.92 Å². The van der Waals surface area contributed by atoms with Crippen LogP contribution in [0.4, 0.5) is 10.6 Å². The number of thiazole rings is 1. The third kappa shape index (κ3) is 4.37. The van der Waals surface area contributed by atoms with Crippen LogP contribution >= 0.6 is 11.3 Å². The third-order valence-corrected chi connectivity index (χ3v) is 7.51. The number of anilines is 1. The zero-order valence-corrected chi connectivity index (χ0v) is 19.5. The molecule has 2 aliphatic rings. The monoisotopic (exact) mass is 469 g/mol. The van der Waals surface area contributed by atoms with Crippen molar-refractivity contribution in [1.82, 2.24) is 29.4 Å². The van der Waals surface area contributed by atoms with Crippen LogP contribution in [0.1, 0.15) is 43.1 Å². The number of carbonyl (C=O) groups is 2. The van der Waals surface area contributed by atoms with Crippen molar-refractivity contribution < 1.29 is 14.7 Å². The molecule has 4 heterocycles. The highest BCUT2D eigenvalue weighted by atomic mass is 32.1. The number of nitrogens with one attached hydrogen (secondary N) is 1. The first-order valence-electron chi connectivity index (χ1n) is 11.2. The summed E-state index contributed by atoms with van der Waals surface area (Å²) in [5, 5.41) is 19.0. The molecule has 1 aliphatic carbocycles. The van der Waals surface area contributed by atoms with Crippen LogP contribution in [0.5, 0.6) is 0 Å². The second-order valence-electron chi connectivity index (χ2n) is 8.86. The normalized spacial score (nSPS) is 17.8. The zero-order chi connectivity index (χ0) is 23.1. The van der Waals surface area contributed by atoms with E-state index >= 15 is 0 Å². The average Bonchev–Trinajstić information content (AvgIpc) is 3.44. The van der Waals surface area contributed by atoms with Gasteiger partial charge in [0, 0.05) is 49.9 Å². The number of likely N-dealkylation sites (tertiary alicyclic amines) is 1. The number of hydrogen-bond donors (Lipinski definition) is 2. The SMILES string of the molecule is C[C@H](Nc1cc(C(=O)N2CCC(N(C)C(=O)O)CC2)nc(-c2cnn3ccsc23)n1)C1CC1. The number of amides is 2. The van der Waals surface area contributed by atoms with Gasteiger partial charge in [0.25, 0.3) is 5.91 Å². The van der Waals surface area contributed by atoms with E-state index in [1.807, 2.05) is 11.6 Å². The summed E-state index contributed by atoms with van der Waals surface area (Å²) in [4.78, 5) is 38.0. The van der Waals surface area contributed by atoms with Crippen molar-refractivity contribution in [2.75, 3.05) is 25.5 Å². The summed E-state index contributed by atoms with van der Waals surface area (Å²) in [6, 6.07) is 1.92. The van der Waals surface area contributed by atoms with Gasteiger partial charge in [-0.1, -0.05) is 0 Å². The first kappa shape index (κ1) is 21.6. The van der Waals surface area contributed by atoms with Crippen molar-refractivity contribution in [2.45, 2.75) is 44.7 Å². The van der Waals surface area contributed by atoms with Crippen LogP contribution in [-0.4, -0.2) is 78.7 Å². The Kier molecular flexibility index (Phi) is 5.65. The summed E-state index contributed by atoms with van der Waals surface area (Å²) < 4.78 is 1.78. The van der Waals surface area contributed by atoms with E-state index < -0.39 is 6.09 Å². The molecule has 0 spiro atoms. The molecule has 2 amide bonds. The van der Waals surface area contributed by atoms with Crippen LogP contribution in [0.3, 0.4) is 0 Å². The summed E-state index contributed by atoms with van der Waals surface area (Å²) in [6.07, 6.45) is 6.29. The Hall–Kier alpha value is -3.21. The van der Waals surface area contributed by atoms with Gasteiger partial charge in [-0.3, -0.25) is 4.79 Å². The van der Waals surface area contributed by atoms with Gasteiger partial charge < -0.3 is 20.2 Å². The second-order valence-corrected chi connectivity index (χ2v) is 9.75. The Bertz CT molecular complexity index is 1180. The molecular formula is C22H27N7O3S. The number of hydrogen-bond acceptors (Lipinski definition) is 7. The minimum absolute atomic E-state index is 0.0799. The molecule has 1 saturated carbocycles. The minimum Gasteiger partial charge on any atom is -0.465 e. The molecule has 2 fully saturated rings. The van der Waals surface area contributed by atoms with Gasteiger partial charge in [-0.25, -0.2) is 19.3 Å². The summed E-state index contributed by atoms with van der Waals surface area (Å²) in [7, 11) is 1.58. The minimum atomic E-state index is -0.943. The van der Waals surface area contributed by atoms with Crippen molar-refractivity contribution in [3.63, 3.8) is 0 Å². The summed E-state index contributed by atoms with van der Waals surface area (Å²) >= 11 is 1.55. The lowest BCUT2D eigenvalue weighted by atomic mass is 10.0. The Labute approximate surface area is 195 Å². The molecule has 3 aromatic rings. The van der Waals surface area contributed by atoms with Gasteiger partial charge in [0.1, 0.15) is 16.3 Å². The molecule has 0 aromatic carbocycles. The number of rotatable bonds is 6. The first-order valence-corrected chi connectivity index (χ1v) is 12.1. The molecule has 11 heteroatoms. The lowest BCUT2D eigenvalue weighted by Gasteiger charge is -2.35. The molecule has 1 saturated heterocycles. The standard InChI is InChI=1S/C22H27N7O3S/c1-13(14-3-4-14)24-18-11-17(20(30)28-7-5-15(6-8-28)27(2)22(31)32)25-19(26-18)16-12-23-29-9-10-33-21(16)29/h9-15H,3-8H2,1-2H3,(H,31,32)(H,24,25,26)/t13-/m0/s1. The average molecular weight is 470 g/mol. The summed E-state index contributed by atoms with van der Waals surface area (Å²) in [5.74, 6) is 1.59. The van der Waals surface area contributed by atoms with E-state index in [1.165, 1.54) is 17.7 Å². The van der Waals surface area contributed by atoms with E-state index in [2.05, 4.69) is 22.3 Å². The summed E-state index contributed by atoms with van der Waals surface area (Å²) in [5.41, 5.74) is 1.13. The van der Waals surface area contributed by atoms with Crippen molar-refractivity contribution >= 4 is 34.0 Å². The third-order valence-electron chi connectivity index (χ3n) is 6.62.